The molecule has 0 fully saturated rings. The van der Waals surface area contributed by atoms with Crippen molar-refractivity contribution in [3.05, 3.63) is 23.5 Å². The molecule has 2 nitrogen and oxygen atoms in total. The molecule has 0 bridgehead atoms. The Hall–Kier alpha value is -0.540. The number of pyridine rings is 1. The summed E-state index contributed by atoms with van der Waals surface area (Å²) in [5.74, 6) is 0.745. The number of hydrogen-bond donors (Lipinski definition) is 1. The zero-order valence-electron chi connectivity index (χ0n) is 7.87. The lowest BCUT2D eigenvalue weighted by atomic mass is 9.98. The third kappa shape index (κ3) is 1.36. The molecule has 0 radical (unpaired) electrons. The number of aliphatic hydroxyl groups is 1. The van der Waals surface area contributed by atoms with E-state index in [0.29, 0.717) is 0 Å². The molecule has 1 aliphatic heterocycles. The summed E-state index contributed by atoms with van der Waals surface area (Å²) >= 11 is 1.70. The van der Waals surface area contributed by atoms with Crippen LogP contribution in [-0.4, -0.2) is 15.8 Å². The second kappa shape index (κ2) is 3.00. The highest BCUT2D eigenvalue weighted by atomic mass is 32.2. The Morgan fingerprint density at radius 1 is 1.62 bits per heavy atom. The Labute approximate surface area is 82.4 Å². The van der Waals surface area contributed by atoms with Crippen molar-refractivity contribution in [2.24, 2.45) is 0 Å². The van der Waals surface area contributed by atoms with Gasteiger partial charge in [0.25, 0.3) is 0 Å². The summed E-state index contributed by atoms with van der Waals surface area (Å²) in [6, 6.07) is 4.04. The van der Waals surface area contributed by atoms with Crippen molar-refractivity contribution in [1.29, 1.82) is 0 Å². The van der Waals surface area contributed by atoms with Crippen LogP contribution in [0.15, 0.2) is 17.0 Å². The normalized spacial score (nSPS) is 26.1. The maximum atomic E-state index is 10.2. The average Bonchev–Trinajstić information content (AvgIpc) is 2.45. The van der Waals surface area contributed by atoms with Gasteiger partial charge >= 0.3 is 0 Å². The van der Waals surface area contributed by atoms with E-state index in [1.54, 1.807) is 11.8 Å². The Balaban J connectivity index is 2.52. The van der Waals surface area contributed by atoms with Gasteiger partial charge in [0.2, 0.25) is 0 Å². The highest BCUT2D eigenvalue weighted by Gasteiger charge is 2.37. The van der Waals surface area contributed by atoms with Crippen LogP contribution in [0.3, 0.4) is 0 Å². The molecule has 0 saturated carbocycles. The molecule has 3 heteroatoms. The summed E-state index contributed by atoms with van der Waals surface area (Å²) in [5, 5.41) is 10.2. The minimum absolute atomic E-state index is 0.688. The molecule has 0 aliphatic carbocycles. The van der Waals surface area contributed by atoms with Gasteiger partial charge in [0.1, 0.15) is 5.60 Å². The average molecular weight is 195 g/mol. The maximum Gasteiger partial charge on any atom is 0.117 e. The molecule has 0 spiro atoms. The molecule has 1 N–H and O–H groups in total. The minimum atomic E-state index is -0.688. The second-order valence-corrected chi connectivity index (χ2v) is 4.49. The van der Waals surface area contributed by atoms with E-state index in [1.807, 2.05) is 19.9 Å². The van der Waals surface area contributed by atoms with E-state index in [-0.39, 0.29) is 0 Å². The molecule has 0 amide bonds. The summed E-state index contributed by atoms with van der Waals surface area (Å²) in [5.41, 5.74) is 1.17. The molecule has 0 aromatic carbocycles. The van der Waals surface area contributed by atoms with Gasteiger partial charge in [-0.05, 0) is 25.5 Å². The van der Waals surface area contributed by atoms with E-state index < -0.39 is 5.60 Å². The summed E-state index contributed by atoms with van der Waals surface area (Å²) in [6.45, 7) is 3.96. The molecule has 70 valence electrons. The smallest absolute Gasteiger partial charge is 0.117 e. The predicted octanol–water partition coefficient (Wildman–Crippen LogP) is 2.09. The van der Waals surface area contributed by atoms with E-state index in [1.165, 1.54) is 0 Å². The first kappa shape index (κ1) is 9.03. The van der Waals surface area contributed by atoms with Crippen LogP contribution in [0.2, 0.25) is 0 Å². The largest absolute Gasteiger partial charge is 0.383 e. The van der Waals surface area contributed by atoms with Crippen molar-refractivity contribution in [3.8, 4) is 0 Å². The first-order valence-corrected chi connectivity index (χ1v) is 5.47. The fraction of sp³-hybridized carbons (Fsp3) is 0.500. The number of fused-ring (bicyclic) bond motifs is 1. The molecule has 2 rings (SSSR count). The van der Waals surface area contributed by atoms with Crippen LogP contribution >= 0.6 is 11.8 Å². The molecule has 1 aromatic heterocycles. The molecule has 1 atom stereocenters. The van der Waals surface area contributed by atoms with Crippen LogP contribution in [-0.2, 0) is 5.60 Å². The monoisotopic (exact) mass is 195 g/mol. The van der Waals surface area contributed by atoms with Crippen LogP contribution in [0.1, 0.15) is 24.7 Å². The Bertz CT molecular complexity index is 340. The maximum absolute atomic E-state index is 10.2. The highest BCUT2D eigenvalue weighted by molar-refractivity contribution is 7.99. The Morgan fingerprint density at radius 3 is 3.08 bits per heavy atom. The van der Waals surface area contributed by atoms with Crippen LogP contribution in [0.5, 0.6) is 0 Å². The molecule has 1 unspecified atom stereocenters. The van der Waals surface area contributed by atoms with Crippen LogP contribution < -0.4 is 0 Å². The third-order valence-corrected chi connectivity index (χ3v) is 3.75. The summed E-state index contributed by atoms with van der Waals surface area (Å²) in [4.78, 5) is 5.54. The molecule has 13 heavy (non-hydrogen) atoms. The summed E-state index contributed by atoms with van der Waals surface area (Å²) < 4.78 is 0. The summed E-state index contributed by atoms with van der Waals surface area (Å²) in [6.07, 6.45) is 0.740. The molecule has 1 aromatic rings. The van der Waals surface area contributed by atoms with Gasteiger partial charge in [-0.1, -0.05) is 6.92 Å². The van der Waals surface area contributed by atoms with Gasteiger partial charge in [0.15, 0.2) is 0 Å². The Morgan fingerprint density at radius 2 is 2.38 bits per heavy atom. The van der Waals surface area contributed by atoms with Gasteiger partial charge in [-0.25, -0.2) is 0 Å². The van der Waals surface area contributed by atoms with Crippen molar-refractivity contribution in [2.45, 2.75) is 30.8 Å². The van der Waals surface area contributed by atoms with E-state index in [2.05, 4.69) is 11.1 Å². The number of thioether (sulfide) groups is 1. The molecule has 1 aliphatic rings. The van der Waals surface area contributed by atoms with E-state index in [0.717, 1.165) is 28.5 Å². The fourth-order valence-electron chi connectivity index (χ4n) is 1.53. The van der Waals surface area contributed by atoms with Crippen LogP contribution in [0.4, 0.5) is 0 Å². The molecule has 2 heterocycles. The first-order chi connectivity index (χ1) is 6.15. The third-order valence-electron chi connectivity index (χ3n) is 2.49. The van der Waals surface area contributed by atoms with E-state index in [9.17, 15) is 5.11 Å². The standard InChI is InChI=1S/C10H13NOS/c1-3-10(12)6-13-8-5-4-7(2)11-9(8)10/h4-5,12H,3,6H2,1-2H3. The van der Waals surface area contributed by atoms with Crippen molar-refractivity contribution >= 4 is 11.8 Å². The number of rotatable bonds is 1. The van der Waals surface area contributed by atoms with E-state index >= 15 is 0 Å². The molecular weight excluding hydrogens is 182 g/mol. The van der Waals surface area contributed by atoms with Crippen molar-refractivity contribution in [2.75, 3.05) is 5.75 Å². The second-order valence-electron chi connectivity index (χ2n) is 3.47. The lowest BCUT2D eigenvalue weighted by Crippen LogP contribution is -2.25. The van der Waals surface area contributed by atoms with Crippen molar-refractivity contribution < 1.29 is 5.11 Å². The zero-order chi connectivity index (χ0) is 9.47. The quantitative estimate of drug-likeness (QED) is 0.745. The summed E-state index contributed by atoms with van der Waals surface area (Å²) in [7, 11) is 0. The van der Waals surface area contributed by atoms with Gasteiger partial charge in [0, 0.05) is 16.3 Å². The van der Waals surface area contributed by atoms with Crippen LogP contribution in [0.25, 0.3) is 0 Å². The van der Waals surface area contributed by atoms with Crippen molar-refractivity contribution in [3.63, 3.8) is 0 Å². The van der Waals surface area contributed by atoms with E-state index in [4.69, 9.17) is 0 Å². The van der Waals surface area contributed by atoms with Gasteiger partial charge in [-0.2, -0.15) is 0 Å². The Kier molecular flexibility index (Phi) is 2.08. The number of aryl methyl sites for hydroxylation is 1. The SMILES string of the molecule is CCC1(O)CSc2ccc(C)nc21. The lowest BCUT2D eigenvalue weighted by molar-refractivity contribution is 0.0547. The fourth-order valence-corrected chi connectivity index (χ4v) is 2.80. The molecule has 0 saturated heterocycles. The zero-order valence-corrected chi connectivity index (χ0v) is 8.69. The van der Waals surface area contributed by atoms with Gasteiger partial charge in [-0.3, -0.25) is 4.98 Å². The van der Waals surface area contributed by atoms with Gasteiger partial charge < -0.3 is 5.11 Å². The lowest BCUT2D eigenvalue weighted by Gasteiger charge is -2.19. The highest BCUT2D eigenvalue weighted by Crippen LogP contribution is 2.42. The van der Waals surface area contributed by atoms with Gasteiger partial charge in [0.05, 0.1) is 5.69 Å². The van der Waals surface area contributed by atoms with Crippen LogP contribution in [0, 0.1) is 6.92 Å². The first-order valence-electron chi connectivity index (χ1n) is 4.49. The van der Waals surface area contributed by atoms with Crippen molar-refractivity contribution in [1.82, 2.24) is 4.98 Å². The van der Waals surface area contributed by atoms with Gasteiger partial charge in [-0.15, -0.1) is 11.8 Å². The predicted molar refractivity (Wildman–Crippen MR) is 53.9 cm³/mol. The number of hydrogen-bond acceptors (Lipinski definition) is 3. The number of aromatic nitrogens is 1. The topological polar surface area (TPSA) is 33.1 Å². The molecular formula is C10H13NOS. The number of nitrogens with zero attached hydrogens (tertiary/aromatic N) is 1. The minimum Gasteiger partial charge on any atom is -0.383 e.